The number of fused-ring (bicyclic) bond motifs is 1. The number of rotatable bonds is 6. The van der Waals surface area contributed by atoms with Crippen LogP contribution in [-0.4, -0.2) is 24.3 Å². The molecule has 0 N–H and O–H groups in total. The topological polar surface area (TPSA) is 83.0 Å². The summed E-state index contributed by atoms with van der Waals surface area (Å²) in [5.41, 5.74) is 1.97. The Morgan fingerprint density at radius 1 is 1.14 bits per heavy atom. The number of carbonyl (C=O) groups is 1. The van der Waals surface area contributed by atoms with Gasteiger partial charge in [0.1, 0.15) is 17.3 Å². The zero-order valence-corrected chi connectivity index (χ0v) is 20.9. The number of methoxy groups -OCH3 is 1. The van der Waals surface area contributed by atoms with E-state index in [0.29, 0.717) is 37.7 Å². The first-order chi connectivity index (χ1) is 17.5. The quantitative estimate of drug-likeness (QED) is 0.376. The van der Waals surface area contributed by atoms with Crippen LogP contribution in [0.5, 0.6) is 5.75 Å². The largest absolute Gasteiger partial charge is 0.497 e. The third-order valence-electron chi connectivity index (χ3n) is 5.82. The molecule has 2 aromatic carbocycles. The average Bonchev–Trinajstić information content (AvgIpc) is 3.45. The standard InChI is InChI=1S/C28H24N2O5S/c1-4-34-27(32)23-24(18-9-6-5-7-10-18)29-28-30(25(23)19-11-8-12-20(15-19)33-3)26(31)22(36-28)16-21-14-13-17(2)35-21/h5-16,25H,4H2,1-3H3/b22-16-/t25-/m0/s1. The van der Waals surface area contributed by atoms with Crippen LogP contribution in [0.15, 0.2) is 86.5 Å². The number of carbonyl (C=O) groups excluding carboxylic acids is 1. The number of hydrogen-bond acceptors (Lipinski definition) is 7. The summed E-state index contributed by atoms with van der Waals surface area (Å²) >= 11 is 1.25. The van der Waals surface area contributed by atoms with Crippen molar-refractivity contribution < 1.29 is 18.7 Å². The second-order valence-electron chi connectivity index (χ2n) is 8.16. The van der Waals surface area contributed by atoms with E-state index in [9.17, 15) is 9.59 Å². The molecule has 0 aliphatic carbocycles. The Bertz CT molecular complexity index is 1640. The molecule has 0 radical (unpaired) electrons. The molecule has 0 fully saturated rings. The van der Waals surface area contributed by atoms with E-state index < -0.39 is 12.0 Å². The summed E-state index contributed by atoms with van der Waals surface area (Å²) in [6, 6.07) is 19.7. The van der Waals surface area contributed by atoms with Crippen molar-refractivity contribution in [1.82, 2.24) is 4.57 Å². The Hall–Kier alpha value is -4.17. The highest BCUT2D eigenvalue weighted by atomic mass is 32.1. The highest BCUT2D eigenvalue weighted by Gasteiger charge is 2.35. The van der Waals surface area contributed by atoms with Crippen molar-refractivity contribution in [3.63, 3.8) is 0 Å². The number of ether oxygens (including phenoxy) is 2. The van der Waals surface area contributed by atoms with Gasteiger partial charge < -0.3 is 13.9 Å². The van der Waals surface area contributed by atoms with Crippen molar-refractivity contribution in [2.75, 3.05) is 13.7 Å². The average molecular weight is 501 g/mol. The molecule has 0 saturated heterocycles. The predicted octanol–water partition coefficient (Wildman–Crippen LogP) is 3.85. The fraction of sp³-hybridized carbons (Fsp3) is 0.179. The van der Waals surface area contributed by atoms with E-state index >= 15 is 0 Å². The number of esters is 1. The van der Waals surface area contributed by atoms with Crippen LogP contribution in [0.4, 0.5) is 0 Å². The molecule has 4 aromatic rings. The van der Waals surface area contributed by atoms with Crippen molar-refractivity contribution in [3.8, 4) is 5.75 Å². The van der Waals surface area contributed by atoms with E-state index in [2.05, 4.69) is 0 Å². The van der Waals surface area contributed by atoms with E-state index in [1.54, 1.807) is 24.7 Å². The first kappa shape index (κ1) is 23.6. The molecule has 0 amide bonds. The smallest absolute Gasteiger partial charge is 0.338 e. The van der Waals surface area contributed by atoms with Crippen molar-refractivity contribution in [2.45, 2.75) is 19.9 Å². The van der Waals surface area contributed by atoms with E-state index in [4.69, 9.17) is 18.9 Å². The summed E-state index contributed by atoms with van der Waals surface area (Å²) in [6.07, 6.45) is 1.70. The monoisotopic (exact) mass is 500 g/mol. The van der Waals surface area contributed by atoms with Crippen molar-refractivity contribution in [2.24, 2.45) is 4.99 Å². The SMILES string of the molecule is CCOC(=O)C1=C(c2ccccc2)N=c2s/c(=C\c3ccc(C)o3)c(=O)n2[C@H]1c1cccc(OC)c1. The normalized spacial score (nSPS) is 15.4. The van der Waals surface area contributed by atoms with Crippen LogP contribution in [0, 0.1) is 6.92 Å². The number of aromatic nitrogens is 1. The van der Waals surface area contributed by atoms with E-state index in [1.165, 1.54) is 11.3 Å². The van der Waals surface area contributed by atoms with Gasteiger partial charge in [-0.1, -0.05) is 53.8 Å². The van der Waals surface area contributed by atoms with Gasteiger partial charge in [0.2, 0.25) is 0 Å². The number of aryl methyl sites for hydroxylation is 1. The third kappa shape index (κ3) is 4.31. The van der Waals surface area contributed by atoms with Gasteiger partial charge in [-0.15, -0.1) is 0 Å². The van der Waals surface area contributed by atoms with Crippen LogP contribution < -0.4 is 19.6 Å². The molecule has 36 heavy (non-hydrogen) atoms. The van der Waals surface area contributed by atoms with Crippen molar-refractivity contribution in [3.05, 3.63) is 115 Å². The number of benzene rings is 2. The highest BCUT2D eigenvalue weighted by molar-refractivity contribution is 7.07. The lowest BCUT2D eigenvalue weighted by atomic mass is 9.93. The van der Waals surface area contributed by atoms with Gasteiger partial charge in [0.05, 0.1) is 35.6 Å². The van der Waals surface area contributed by atoms with Crippen LogP contribution in [0.25, 0.3) is 11.8 Å². The molecule has 0 unspecified atom stereocenters. The number of hydrogen-bond donors (Lipinski definition) is 0. The summed E-state index contributed by atoms with van der Waals surface area (Å²) in [5, 5.41) is 0. The Labute approximate surface area is 211 Å². The minimum Gasteiger partial charge on any atom is -0.497 e. The van der Waals surface area contributed by atoms with Crippen LogP contribution in [0.3, 0.4) is 0 Å². The zero-order valence-electron chi connectivity index (χ0n) is 20.1. The Morgan fingerprint density at radius 3 is 2.64 bits per heavy atom. The molecule has 0 spiro atoms. The molecular weight excluding hydrogens is 476 g/mol. The van der Waals surface area contributed by atoms with Gasteiger partial charge >= 0.3 is 5.97 Å². The van der Waals surface area contributed by atoms with Gasteiger partial charge in [-0.05, 0) is 43.7 Å². The molecule has 5 rings (SSSR count). The summed E-state index contributed by atoms with van der Waals surface area (Å²) in [6.45, 7) is 3.79. The lowest BCUT2D eigenvalue weighted by Gasteiger charge is -2.26. The van der Waals surface area contributed by atoms with Crippen LogP contribution >= 0.6 is 11.3 Å². The Balaban J connectivity index is 1.84. The summed E-state index contributed by atoms with van der Waals surface area (Å²) < 4.78 is 18.6. The first-order valence-electron chi connectivity index (χ1n) is 11.5. The Kier molecular flexibility index (Phi) is 6.43. The van der Waals surface area contributed by atoms with E-state index in [1.807, 2.05) is 73.7 Å². The van der Waals surface area contributed by atoms with E-state index in [0.717, 1.165) is 11.3 Å². The minimum absolute atomic E-state index is 0.192. The minimum atomic E-state index is -0.758. The molecule has 2 aromatic heterocycles. The van der Waals surface area contributed by atoms with Gasteiger partial charge in [0, 0.05) is 11.6 Å². The zero-order chi connectivity index (χ0) is 25.2. The molecule has 1 aliphatic heterocycles. The van der Waals surface area contributed by atoms with Crippen LogP contribution in [0.2, 0.25) is 0 Å². The second kappa shape index (κ2) is 9.83. The van der Waals surface area contributed by atoms with Crippen molar-refractivity contribution in [1.29, 1.82) is 0 Å². The van der Waals surface area contributed by atoms with Gasteiger partial charge in [0.25, 0.3) is 5.56 Å². The molecule has 0 saturated carbocycles. The summed E-state index contributed by atoms with van der Waals surface area (Å²) in [7, 11) is 1.58. The molecule has 7 nitrogen and oxygen atoms in total. The van der Waals surface area contributed by atoms with Gasteiger partial charge in [0.15, 0.2) is 4.80 Å². The van der Waals surface area contributed by atoms with Crippen molar-refractivity contribution >= 4 is 29.1 Å². The summed E-state index contributed by atoms with van der Waals surface area (Å²) in [4.78, 5) is 32.5. The van der Waals surface area contributed by atoms with Gasteiger partial charge in [-0.25, -0.2) is 9.79 Å². The maximum Gasteiger partial charge on any atom is 0.338 e. The third-order valence-corrected chi connectivity index (χ3v) is 6.80. The fourth-order valence-electron chi connectivity index (χ4n) is 4.23. The molecule has 1 aliphatic rings. The predicted molar refractivity (Wildman–Crippen MR) is 137 cm³/mol. The lowest BCUT2D eigenvalue weighted by Crippen LogP contribution is -2.40. The fourth-order valence-corrected chi connectivity index (χ4v) is 5.21. The molecule has 8 heteroatoms. The van der Waals surface area contributed by atoms with Gasteiger partial charge in [-0.3, -0.25) is 9.36 Å². The molecule has 3 heterocycles. The maximum atomic E-state index is 13.8. The maximum absolute atomic E-state index is 13.8. The highest BCUT2D eigenvalue weighted by Crippen LogP contribution is 2.36. The lowest BCUT2D eigenvalue weighted by molar-refractivity contribution is -0.138. The summed E-state index contributed by atoms with van der Waals surface area (Å²) in [5.74, 6) is 1.41. The first-order valence-corrected chi connectivity index (χ1v) is 12.3. The molecule has 0 bridgehead atoms. The van der Waals surface area contributed by atoms with Crippen LogP contribution in [-0.2, 0) is 9.53 Å². The number of nitrogens with zero attached hydrogens (tertiary/aromatic N) is 2. The second-order valence-corrected chi connectivity index (χ2v) is 9.17. The molecule has 1 atom stereocenters. The van der Waals surface area contributed by atoms with Gasteiger partial charge in [-0.2, -0.15) is 0 Å². The van der Waals surface area contributed by atoms with Crippen LogP contribution in [0.1, 0.15) is 35.6 Å². The number of furan rings is 1. The molecular formula is C28H24N2O5S. The number of thiazole rings is 1. The molecule has 182 valence electrons. The van der Waals surface area contributed by atoms with E-state index in [-0.39, 0.29) is 12.2 Å². The Morgan fingerprint density at radius 2 is 1.94 bits per heavy atom.